The Balaban J connectivity index is 2.50. The van der Waals surface area contributed by atoms with Crippen LogP contribution in [0.3, 0.4) is 0 Å². The fraction of sp³-hybridized carbons (Fsp3) is 0.400. The fourth-order valence-corrected chi connectivity index (χ4v) is 1.67. The van der Waals surface area contributed by atoms with E-state index in [1.165, 1.54) is 4.68 Å². The van der Waals surface area contributed by atoms with E-state index in [2.05, 4.69) is 16.9 Å². The third kappa shape index (κ3) is 1.52. The van der Waals surface area contributed by atoms with Crippen molar-refractivity contribution in [1.29, 1.82) is 0 Å². The molecule has 2 heterocycles. The number of rotatable bonds is 3. The molecule has 0 amide bonds. The van der Waals surface area contributed by atoms with Crippen LogP contribution in [-0.2, 0) is 13.5 Å². The Morgan fingerprint density at radius 2 is 2.19 bits per heavy atom. The molecule has 0 bridgehead atoms. The zero-order valence-corrected chi connectivity index (χ0v) is 9.51. The Morgan fingerprint density at radius 3 is 2.75 bits per heavy atom. The van der Waals surface area contributed by atoms with Gasteiger partial charge in [-0.05, 0) is 6.42 Å². The highest BCUT2D eigenvalue weighted by molar-refractivity contribution is 5.67. The van der Waals surface area contributed by atoms with Crippen LogP contribution in [0.5, 0.6) is 0 Å². The molecule has 16 heavy (non-hydrogen) atoms. The minimum absolute atomic E-state index is 0.479. The summed E-state index contributed by atoms with van der Waals surface area (Å²) in [5, 5.41) is 0. The van der Waals surface area contributed by atoms with E-state index in [4.69, 9.17) is 11.6 Å². The minimum atomic E-state index is 0.479. The lowest BCUT2D eigenvalue weighted by molar-refractivity contribution is 0.794. The third-order valence-electron chi connectivity index (χ3n) is 2.55. The van der Waals surface area contributed by atoms with Crippen LogP contribution in [0.2, 0.25) is 0 Å². The number of hydrogen-bond donors (Lipinski definition) is 2. The van der Waals surface area contributed by atoms with Gasteiger partial charge in [0.1, 0.15) is 11.5 Å². The molecule has 0 aliphatic carbocycles. The standard InChI is InChI=1S/C10H16N6/c1-3-4-8-14-9(10(11)16(8)12)7-5-13-6-15(7)2/h5-6H,3-4,11-12H2,1-2H3. The average Bonchev–Trinajstić information content (AvgIpc) is 2.78. The molecule has 0 radical (unpaired) electrons. The summed E-state index contributed by atoms with van der Waals surface area (Å²) in [5.41, 5.74) is 7.50. The van der Waals surface area contributed by atoms with Gasteiger partial charge in [0.15, 0.2) is 5.82 Å². The molecule has 4 N–H and O–H groups in total. The van der Waals surface area contributed by atoms with Gasteiger partial charge in [-0.15, -0.1) is 0 Å². The van der Waals surface area contributed by atoms with Crippen molar-refractivity contribution in [1.82, 2.24) is 19.2 Å². The molecule has 6 heteroatoms. The fourth-order valence-electron chi connectivity index (χ4n) is 1.67. The summed E-state index contributed by atoms with van der Waals surface area (Å²) in [7, 11) is 1.90. The normalized spacial score (nSPS) is 10.9. The summed E-state index contributed by atoms with van der Waals surface area (Å²) in [6.45, 7) is 2.08. The molecular formula is C10H16N6. The molecule has 2 aromatic heterocycles. The molecule has 0 atom stereocenters. The zero-order valence-electron chi connectivity index (χ0n) is 9.51. The topological polar surface area (TPSA) is 87.7 Å². The lowest BCUT2D eigenvalue weighted by Gasteiger charge is -2.01. The molecule has 0 aromatic carbocycles. The van der Waals surface area contributed by atoms with Crippen molar-refractivity contribution in [3.05, 3.63) is 18.3 Å². The maximum atomic E-state index is 5.93. The van der Waals surface area contributed by atoms with Crippen molar-refractivity contribution in [3.8, 4) is 11.4 Å². The van der Waals surface area contributed by atoms with Gasteiger partial charge in [-0.1, -0.05) is 6.92 Å². The van der Waals surface area contributed by atoms with Gasteiger partial charge < -0.3 is 16.1 Å². The van der Waals surface area contributed by atoms with Crippen molar-refractivity contribution in [2.75, 3.05) is 11.6 Å². The van der Waals surface area contributed by atoms with Gasteiger partial charge >= 0.3 is 0 Å². The molecule has 0 spiro atoms. The van der Waals surface area contributed by atoms with Gasteiger partial charge in [0.25, 0.3) is 0 Å². The number of imidazole rings is 2. The smallest absolute Gasteiger partial charge is 0.152 e. The van der Waals surface area contributed by atoms with E-state index in [-0.39, 0.29) is 0 Å². The van der Waals surface area contributed by atoms with Gasteiger partial charge in [0, 0.05) is 13.5 Å². The van der Waals surface area contributed by atoms with Crippen molar-refractivity contribution in [3.63, 3.8) is 0 Å². The van der Waals surface area contributed by atoms with Gasteiger partial charge in [-0.3, -0.25) is 0 Å². The van der Waals surface area contributed by atoms with E-state index in [9.17, 15) is 0 Å². The summed E-state index contributed by atoms with van der Waals surface area (Å²) in [5.74, 6) is 7.13. The number of aryl methyl sites for hydroxylation is 2. The van der Waals surface area contributed by atoms with E-state index in [0.29, 0.717) is 11.5 Å². The molecule has 0 fully saturated rings. The third-order valence-corrected chi connectivity index (χ3v) is 2.55. The number of aromatic nitrogens is 4. The average molecular weight is 220 g/mol. The van der Waals surface area contributed by atoms with Crippen LogP contribution in [0.1, 0.15) is 19.2 Å². The lowest BCUT2D eigenvalue weighted by Crippen LogP contribution is -2.15. The monoisotopic (exact) mass is 220 g/mol. The Kier molecular flexibility index (Phi) is 2.55. The predicted molar refractivity (Wildman–Crippen MR) is 63.0 cm³/mol. The molecule has 0 saturated carbocycles. The summed E-state index contributed by atoms with van der Waals surface area (Å²) in [6, 6.07) is 0. The maximum Gasteiger partial charge on any atom is 0.152 e. The Hall–Kier alpha value is -1.98. The van der Waals surface area contributed by atoms with Crippen LogP contribution in [-0.4, -0.2) is 19.2 Å². The van der Waals surface area contributed by atoms with Crippen LogP contribution in [0.4, 0.5) is 5.82 Å². The van der Waals surface area contributed by atoms with Crippen LogP contribution >= 0.6 is 0 Å². The quantitative estimate of drug-likeness (QED) is 0.739. The zero-order chi connectivity index (χ0) is 11.7. The highest BCUT2D eigenvalue weighted by Crippen LogP contribution is 2.24. The van der Waals surface area contributed by atoms with Gasteiger partial charge in [-0.25, -0.2) is 14.6 Å². The molecule has 86 valence electrons. The molecule has 2 rings (SSSR count). The van der Waals surface area contributed by atoms with Crippen LogP contribution in [0, 0.1) is 0 Å². The maximum absolute atomic E-state index is 5.93. The highest BCUT2D eigenvalue weighted by Gasteiger charge is 2.15. The summed E-state index contributed by atoms with van der Waals surface area (Å²) < 4.78 is 3.32. The number of nitrogen functional groups attached to an aromatic ring is 2. The first kappa shape index (κ1) is 10.5. The second kappa shape index (κ2) is 3.88. The number of nitrogens with two attached hydrogens (primary N) is 2. The second-order valence-electron chi connectivity index (χ2n) is 3.77. The SMILES string of the molecule is CCCc1nc(-c2cncn2C)c(N)n1N. The second-order valence-corrected chi connectivity index (χ2v) is 3.77. The van der Waals surface area contributed by atoms with Crippen LogP contribution < -0.4 is 11.6 Å². The van der Waals surface area contributed by atoms with Crippen molar-refractivity contribution in [2.24, 2.45) is 7.05 Å². The molecule has 2 aromatic rings. The van der Waals surface area contributed by atoms with E-state index in [0.717, 1.165) is 24.4 Å². The van der Waals surface area contributed by atoms with E-state index < -0.39 is 0 Å². The molecule has 0 aliphatic heterocycles. The molecular weight excluding hydrogens is 204 g/mol. The number of hydrogen-bond acceptors (Lipinski definition) is 4. The summed E-state index contributed by atoms with van der Waals surface area (Å²) >= 11 is 0. The van der Waals surface area contributed by atoms with Gasteiger partial charge in [0.05, 0.1) is 18.2 Å². The molecule has 0 unspecified atom stereocenters. The van der Waals surface area contributed by atoms with Crippen molar-refractivity contribution < 1.29 is 0 Å². The van der Waals surface area contributed by atoms with E-state index in [1.54, 1.807) is 12.5 Å². The largest absolute Gasteiger partial charge is 0.382 e. The Morgan fingerprint density at radius 1 is 1.44 bits per heavy atom. The molecule has 6 nitrogen and oxygen atoms in total. The van der Waals surface area contributed by atoms with Gasteiger partial charge in [-0.2, -0.15) is 0 Å². The van der Waals surface area contributed by atoms with E-state index >= 15 is 0 Å². The minimum Gasteiger partial charge on any atom is -0.382 e. The molecule has 0 saturated heterocycles. The highest BCUT2D eigenvalue weighted by atomic mass is 15.4. The first-order valence-corrected chi connectivity index (χ1v) is 5.24. The van der Waals surface area contributed by atoms with Crippen LogP contribution in [0.15, 0.2) is 12.5 Å². The first-order chi connectivity index (χ1) is 7.65. The van der Waals surface area contributed by atoms with Crippen molar-refractivity contribution >= 4 is 5.82 Å². The van der Waals surface area contributed by atoms with Crippen molar-refractivity contribution in [2.45, 2.75) is 19.8 Å². The van der Waals surface area contributed by atoms with E-state index in [1.807, 2.05) is 11.6 Å². The Labute approximate surface area is 93.9 Å². The lowest BCUT2D eigenvalue weighted by atomic mass is 10.3. The van der Waals surface area contributed by atoms with Gasteiger partial charge in [0.2, 0.25) is 0 Å². The number of anilines is 1. The number of nitrogens with zero attached hydrogens (tertiary/aromatic N) is 4. The first-order valence-electron chi connectivity index (χ1n) is 5.24. The molecule has 0 aliphatic rings. The predicted octanol–water partition coefficient (Wildman–Crippen LogP) is 0.532. The van der Waals surface area contributed by atoms with Crippen LogP contribution in [0.25, 0.3) is 11.4 Å². The Bertz CT molecular complexity index is 495. The summed E-state index contributed by atoms with van der Waals surface area (Å²) in [4.78, 5) is 8.50. The summed E-state index contributed by atoms with van der Waals surface area (Å²) in [6.07, 6.45) is 5.25.